The minimum atomic E-state index is 0.396. The predicted octanol–water partition coefficient (Wildman–Crippen LogP) is 2.28. The van der Waals surface area contributed by atoms with Crippen LogP contribution in [0.15, 0.2) is 35.3 Å². The summed E-state index contributed by atoms with van der Waals surface area (Å²) < 4.78 is 16.5. The molecule has 30 heavy (non-hydrogen) atoms. The number of guanidine groups is 1. The smallest absolute Gasteiger partial charge is 0.190 e. The Kier molecular flexibility index (Phi) is 13.2. The van der Waals surface area contributed by atoms with E-state index in [2.05, 4.69) is 50.9 Å². The summed E-state index contributed by atoms with van der Waals surface area (Å²) in [5.41, 5.74) is 1.39. The zero-order chi connectivity index (χ0) is 21.3. The molecule has 1 fully saturated rings. The van der Waals surface area contributed by atoms with Crippen LogP contribution in [-0.4, -0.2) is 83.7 Å². The van der Waals surface area contributed by atoms with Gasteiger partial charge < -0.3 is 24.8 Å². The number of ether oxygens (including phenoxy) is 3. The fourth-order valence-electron chi connectivity index (χ4n) is 3.45. The lowest BCUT2D eigenvalue weighted by molar-refractivity contribution is 0.00534. The van der Waals surface area contributed by atoms with E-state index in [1.807, 2.05) is 0 Å². The minimum Gasteiger partial charge on any atom is -0.382 e. The van der Waals surface area contributed by atoms with Gasteiger partial charge in [-0.15, -0.1) is 0 Å². The maximum atomic E-state index is 6.09. The molecule has 2 N–H and O–H groups in total. The molecular formula is C23H40N4O3. The summed E-state index contributed by atoms with van der Waals surface area (Å²) in [4.78, 5) is 6.78. The highest BCUT2D eigenvalue weighted by molar-refractivity contribution is 5.79. The van der Waals surface area contributed by atoms with E-state index >= 15 is 0 Å². The number of nitrogens with zero attached hydrogens (tertiary/aromatic N) is 2. The number of nitrogens with one attached hydrogen (secondary N) is 2. The van der Waals surface area contributed by atoms with Gasteiger partial charge in [-0.3, -0.25) is 9.89 Å². The zero-order valence-corrected chi connectivity index (χ0v) is 18.8. The van der Waals surface area contributed by atoms with Gasteiger partial charge in [-0.2, -0.15) is 0 Å². The Bertz CT molecular complexity index is 563. The Morgan fingerprint density at radius 2 is 1.70 bits per heavy atom. The normalized spacial score (nSPS) is 16.0. The third kappa shape index (κ3) is 10.9. The number of hydrogen-bond donors (Lipinski definition) is 2. The van der Waals surface area contributed by atoms with Crippen LogP contribution >= 0.6 is 0 Å². The van der Waals surface area contributed by atoms with E-state index in [9.17, 15) is 0 Å². The van der Waals surface area contributed by atoms with E-state index in [-0.39, 0.29) is 0 Å². The monoisotopic (exact) mass is 420 g/mol. The lowest BCUT2D eigenvalue weighted by Gasteiger charge is -2.32. The molecule has 0 bridgehead atoms. The number of benzene rings is 1. The second-order valence-corrected chi connectivity index (χ2v) is 7.57. The molecule has 1 aromatic carbocycles. The fourth-order valence-corrected chi connectivity index (χ4v) is 3.45. The van der Waals surface area contributed by atoms with Crippen LogP contribution in [0.5, 0.6) is 0 Å². The van der Waals surface area contributed by atoms with Crippen LogP contribution in [0, 0.1) is 0 Å². The average Bonchev–Trinajstić information content (AvgIpc) is 2.78. The number of methoxy groups -OCH3 is 1. The number of hydrogen-bond acceptors (Lipinski definition) is 5. The summed E-state index contributed by atoms with van der Waals surface area (Å²) in [7, 11) is 3.48. The summed E-state index contributed by atoms with van der Waals surface area (Å²) in [5, 5.41) is 6.65. The van der Waals surface area contributed by atoms with Crippen LogP contribution in [0.3, 0.4) is 0 Å². The molecule has 7 heteroatoms. The first-order chi connectivity index (χ1) is 14.8. The van der Waals surface area contributed by atoms with Gasteiger partial charge in [0.05, 0.1) is 19.3 Å². The van der Waals surface area contributed by atoms with Crippen molar-refractivity contribution < 1.29 is 14.2 Å². The lowest BCUT2D eigenvalue weighted by atomic mass is 10.1. The Hall–Kier alpha value is -1.67. The quantitative estimate of drug-likeness (QED) is 0.273. The zero-order valence-electron chi connectivity index (χ0n) is 18.8. The molecule has 1 aliphatic heterocycles. The Labute approximate surface area is 182 Å². The molecule has 1 aromatic rings. The maximum Gasteiger partial charge on any atom is 0.190 e. The molecule has 7 nitrogen and oxygen atoms in total. The van der Waals surface area contributed by atoms with Crippen molar-refractivity contribution in [1.82, 2.24) is 15.5 Å². The Morgan fingerprint density at radius 1 is 1.00 bits per heavy atom. The van der Waals surface area contributed by atoms with Crippen molar-refractivity contribution in [3.8, 4) is 0 Å². The van der Waals surface area contributed by atoms with Gasteiger partial charge in [0.15, 0.2) is 5.96 Å². The highest BCUT2D eigenvalue weighted by atomic mass is 16.5. The van der Waals surface area contributed by atoms with Crippen molar-refractivity contribution in [3.63, 3.8) is 0 Å². The molecule has 2 rings (SSSR count). The van der Waals surface area contributed by atoms with Crippen LogP contribution in [0.4, 0.5) is 0 Å². The van der Waals surface area contributed by atoms with Crippen molar-refractivity contribution in [2.75, 3.05) is 66.8 Å². The highest BCUT2D eigenvalue weighted by Crippen LogP contribution is 2.16. The second kappa shape index (κ2) is 16.1. The molecule has 0 aromatic heterocycles. The summed E-state index contributed by atoms with van der Waals surface area (Å²) in [5.74, 6) is 0.834. The molecule has 0 amide bonds. The van der Waals surface area contributed by atoms with Crippen LogP contribution in [0.2, 0.25) is 0 Å². The first-order valence-electron chi connectivity index (χ1n) is 11.2. The standard InChI is InChI=1S/C23H40N4O3/c1-24-23(25-12-6-16-29-19-18-28-2)26-13-7-17-30-22-10-14-27(15-11-22)20-21-8-4-3-5-9-21/h3-5,8-9,22H,6-7,10-20H2,1-2H3,(H2,24,25,26). The van der Waals surface area contributed by atoms with E-state index < -0.39 is 0 Å². The van der Waals surface area contributed by atoms with Crippen LogP contribution in [0.1, 0.15) is 31.2 Å². The molecule has 0 atom stereocenters. The molecule has 170 valence electrons. The van der Waals surface area contributed by atoms with E-state index in [1.165, 1.54) is 5.56 Å². The van der Waals surface area contributed by atoms with Crippen LogP contribution in [0.25, 0.3) is 0 Å². The number of rotatable bonds is 14. The van der Waals surface area contributed by atoms with Crippen molar-refractivity contribution >= 4 is 5.96 Å². The maximum absolute atomic E-state index is 6.09. The summed E-state index contributed by atoms with van der Waals surface area (Å²) in [6, 6.07) is 10.7. The molecule has 0 unspecified atom stereocenters. The van der Waals surface area contributed by atoms with Gasteiger partial charge in [-0.1, -0.05) is 30.3 Å². The highest BCUT2D eigenvalue weighted by Gasteiger charge is 2.19. The van der Waals surface area contributed by atoms with Gasteiger partial charge in [0.1, 0.15) is 0 Å². The topological polar surface area (TPSA) is 67.4 Å². The summed E-state index contributed by atoms with van der Waals surface area (Å²) in [6.07, 6.45) is 4.56. The largest absolute Gasteiger partial charge is 0.382 e. The molecule has 1 saturated heterocycles. The average molecular weight is 421 g/mol. The predicted molar refractivity (Wildman–Crippen MR) is 122 cm³/mol. The molecule has 1 aliphatic rings. The molecule has 0 spiro atoms. The minimum absolute atomic E-state index is 0.396. The molecule has 0 radical (unpaired) electrons. The first-order valence-corrected chi connectivity index (χ1v) is 11.2. The Morgan fingerprint density at radius 3 is 2.37 bits per heavy atom. The Balaban J connectivity index is 1.44. The number of aliphatic imine (C=N–C) groups is 1. The van der Waals surface area contributed by atoms with Gasteiger partial charge in [0.25, 0.3) is 0 Å². The first kappa shape index (κ1) is 24.6. The van der Waals surface area contributed by atoms with Gasteiger partial charge >= 0.3 is 0 Å². The third-order valence-corrected chi connectivity index (χ3v) is 5.16. The summed E-state index contributed by atoms with van der Waals surface area (Å²) in [6.45, 7) is 7.78. The van der Waals surface area contributed by atoms with E-state index in [0.29, 0.717) is 19.3 Å². The van der Waals surface area contributed by atoms with Crippen molar-refractivity contribution in [3.05, 3.63) is 35.9 Å². The van der Waals surface area contributed by atoms with E-state index in [4.69, 9.17) is 14.2 Å². The van der Waals surface area contributed by atoms with Gasteiger partial charge in [0, 0.05) is 60.1 Å². The van der Waals surface area contributed by atoms with Crippen molar-refractivity contribution in [1.29, 1.82) is 0 Å². The van der Waals surface area contributed by atoms with E-state index in [0.717, 1.165) is 77.6 Å². The van der Waals surface area contributed by atoms with Crippen molar-refractivity contribution in [2.24, 2.45) is 4.99 Å². The van der Waals surface area contributed by atoms with Crippen LogP contribution in [-0.2, 0) is 20.8 Å². The molecule has 0 saturated carbocycles. The summed E-state index contributed by atoms with van der Waals surface area (Å²) >= 11 is 0. The third-order valence-electron chi connectivity index (χ3n) is 5.16. The second-order valence-electron chi connectivity index (χ2n) is 7.57. The molecule has 0 aliphatic carbocycles. The van der Waals surface area contributed by atoms with Gasteiger partial charge in [-0.05, 0) is 31.2 Å². The van der Waals surface area contributed by atoms with Gasteiger partial charge in [0.2, 0.25) is 0 Å². The SMILES string of the molecule is CN=C(NCCCOCCOC)NCCCOC1CCN(Cc2ccccc2)CC1. The number of piperidine rings is 1. The molecular weight excluding hydrogens is 380 g/mol. The fraction of sp³-hybridized carbons (Fsp3) is 0.696. The van der Waals surface area contributed by atoms with Crippen LogP contribution < -0.4 is 10.6 Å². The van der Waals surface area contributed by atoms with E-state index in [1.54, 1.807) is 14.2 Å². The molecule has 1 heterocycles. The van der Waals surface area contributed by atoms with Gasteiger partial charge in [-0.25, -0.2) is 0 Å². The number of likely N-dealkylation sites (tertiary alicyclic amines) is 1. The van der Waals surface area contributed by atoms with Crippen molar-refractivity contribution in [2.45, 2.75) is 38.3 Å². The lowest BCUT2D eigenvalue weighted by Crippen LogP contribution is -2.39.